The molecule has 31 heavy (non-hydrogen) atoms. The van der Waals surface area contributed by atoms with Gasteiger partial charge in [0.15, 0.2) is 0 Å². The van der Waals surface area contributed by atoms with Crippen LogP contribution in [0.15, 0.2) is 53.4 Å². The predicted molar refractivity (Wildman–Crippen MR) is 114 cm³/mol. The summed E-state index contributed by atoms with van der Waals surface area (Å²) in [6.45, 7) is 2.53. The number of benzene rings is 2. The van der Waals surface area contributed by atoms with E-state index >= 15 is 0 Å². The Balaban J connectivity index is 1.39. The standard InChI is InChI=1S/C22H25N3O5S/c26-20-6-2-1-5-19(20)22(28)24-15-13-23(14-16-24)21(27)17-7-9-18(10-8-17)31(29,30)25-11-3-4-12-25/h1-2,5-10,26H,3-4,11-16H2. The highest BCUT2D eigenvalue weighted by atomic mass is 32.2. The van der Waals surface area contributed by atoms with Crippen molar-refractivity contribution in [2.75, 3.05) is 39.3 Å². The number of nitrogens with zero attached hydrogens (tertiary/aromatic N) is 3. The first-order chi connectivity index (χ1) is 14.9. The molecule has 2 saturated heterocycles. The van der Waals surface area contributed by atoms with E-state index < -0.39 is 10.0 Å². The fraction of sp³-hybridized carbons (Fsp3) is 0.364. The van der Waals surface area contributed by atoms with Crippen LogP contribution < -0.4 is 0 Å². The molecule has 2 amide bonds. The van der Waals surface area contributed by atoms with Crippen LogP contribution in [0.25, 0.3) is 0 Å². The molecule has 1 N–H and O–H groups in total. The second kappa shape index (κ2) is 8.68. The first kappa shape index (κ1) is 21.3. The molecule has 0 radical (unpaired) electrons. The fourth-order valence-electron chi connectivity index (χ4n) is 3.97. The van der Waals surface area contributed by atoms with E-state index in [1.807, 2.05) is 0 Å². The highest BCUT2D eigenvalue weighted by molar-refractivity contribution is 7.89. The maximum atomic E-state index is 12.8. The highest BCUT2D eigenvalue weighted by Gasteiger charge is 2.29. The van der Waals surface area contributed by atoms with E-state index in [0.717, 1.165) is 12.8 Å². The number of aromatic hydroxyl groups is 1. The number of carbonyl (C=O) groups excluding carboxylic acids is 2. The van der Waals surface area contributed by atoms with Gasteiger partial charge < -0.3 is 14.9 Å². The third-order valence-corrected chi connectivity index (χ3v) is 7.71. The first-order valence-corrected chi connectivity index (χ1v) is 11.8. The van der Waals surface area contributed by atoms with Crippen molar-refractivity contribution in [2.45, 2.75) is 17.7 Å². The number of hydrogen-bond donors (Lipinski definition) is 1. The van der Waals surface area contributed by atoms with Crippen molar-refractivity contribution >= 4 is 21.8 Å². The fourth-order valence-corrected chi connectivity index (χ4v) is 5.48. The minimum atomic E-state index is -3.51. The Kier molecular flexibility index (Phi) is 5.97. The molecule has 164 valence electrons. The summed E-state index contributed by atoms with van der Waals surface area (Å²) in [5, 5.41) is 9.89. The molecule has 0 aliphatic carbocycles. The van der Waals surface area contributed by atoms with Crippen molar-refractivity contribution in [3.8, 4) is 5.75 Å². The number of hydrogen-bond acceptors (Lipinski definition) is 5. The predicted octanol–water partition coefficient (Wildman–Crippen LogP) is 1.77. The number of piperazine rings is 1. The molecule has 8 nitrogen and oxygen atoms in total. The Hall–Kier alpha value is -2.91. The Labute approximate surface area is 181 Å². The molecule has 0 unspecified atom stereocenters. The van der Waals surface area contributed by atoms with Crippen LogP contribution in [0.5, 0.6) is 5.75 Å². The molecule has 2 aliphatic rings. The summed E-state index contributed by atoms with van der Waals surface area (Å²) < 4.78 is 26.7. The van der Waals surface area contributed by atoms with Crippen molar-refractivity contribution in [3.05, 3.63) is 59.7 Å². The Morgan fingerprint density at radius 2 is 1.29 bits per heavy atom. The summed E-state index contributed by atoms with van der Waals surface area (Å²) in [5.41, 5.74) is 0.665. The van der Waals surface area contributed by atoms with Crippen LogP contribution >= 0.6 is 0 Å². The summed E-state index contributed by atoms with van der Waals surface area (Å²) in [6, 6.07) is 12.5. The molecule has 4 rings (SSSR count). The second-order valence-electron chi connectivity index (χ2n) is 7.74. The van der Waals surface area contributed by atoms with Crippen LogP contribution in [0, 0.1) is 0 Å². The van der Waals surface area contributed by atoms with E-state index in [1.165, 1.54) is 22.5 Å². The minimum Gasteiger partial charge on any atom is -0.507 e. The van der Waals surface area contributed by atoms with Crippen LogP contribution in [0.3, 0.4) is 0 Å². The Morgan fingerprint density at radius 3 is 1.87 bits per heavy atom. The zero-order chi connectivity index (χ0) is 22.0. The second-order valence-corrected chi connectivity index (χ2v) is 9.68. The van der Waals surface area contributed by atoms with E-state index in [9.17, 15) is 23.1 Å². The minimum absolute atomic E-state index is 0.0602. The molecule has 2 aliphatic heterocycles. The lowest BCUT2D eigenvalue weighted by Crippen LogP contribution is -2.50. The lowest BCUT2D eigenvalue weighted by Gasteiger charge is -2.35. The third-order valence-electron chi connectivity index (χ3n) is 5.79. The number of para-hydroxylation sites is 1. The Morgan fingerprint density at radius 1 is 0.742 bits per heavy atom. The average molecular weight is 444 g/mol. The monoisotopic (exact) mass is 443 g/mol. The zero-order valence-electron chi connectivity index (χ0n) is 17.1. The van der Waals surface area contributed by atoms with Crippen LogP contribution in [-0.2, 0) is 10.0 Å². The molecule has 0 aromatic heterocycles. The van der Waals surface area contributed by atoms with Crippen molar-refractivity contribution in [2.24, 2.45) is 0 Å². The first-order valence-electron chi connectivity index (χ1n) is 10.3. The maximum absolute atomic E-state index is 12.8. The molecule has 2 heterocycles. The summed E-state index contributed by atoms with van der Waals surface area (Å²) in [7, 11) is -3.51. The van der Waals surface area contributed by atoms with E-state index in [4.69, 9.17) is 0 Å². The number of phenolic OH excluding ortho intramolecular Hbond substituents is 1. The molecule has 0 saturated carbocycles. The van der Waals surface area contributed by atoms with Gasteiger partial charge >= 0.3 is 0 Å². The SMILES string of the molecule is O=C(c1ccc(S(=O)(=O)N2CCCC2)cc1)N1CCN(C(=O)c2ccccc2O)CC1. The lowest BCUT2D eigenvalue weighted by atomic mass is 10.1. The molecule has 9 heteroatoms. The smallest absolute Gasteiger partial charge is 0.257 e. The molecule has 2 fully saturated rings. The van der Waals surface area contributed by atoms with Gasteiger partial charge in [-0.05, 0) is 49.2 Å². The molecular weight excluding hydrogens is 418 g/mol. The number of amides is 2. The molecule has 0 atom stereocenters. The largest absolute Gasteiger partial charge is 0.507 e. The van der Waals surface area contributed by atoms with Crippen LogP contribution in [0.4, 0.5) is 0 Å². The lowest BCUT2D eigenvalue weighted by molar-refractivity contribution is 0.0533. The van der Waals surface area contributed by atoms with Gasteiger partial charge in [0.05, 0.1) is 10.5 Å². The molecule has 0 spiro atoms. The summed E-state index contributed by atoms with van der Waals surface area (Å²) in [4.78, 5) is 28.9. The van der Waals surface area contributed by atoms with Gasteiger partial charge in [-0.3, -0.25) is 9.59 Å². The van der Waals surface area contributed by atoms with Crippen LogP contribution in [-0.4, -0.2) is 78.7 Å². The van der Waals surface area contributed by atoms with Crippen molar-refractivity contribution < 1.29 is 23.1 Å². The summed E-state index contributed by atoms with van der Waals surface area (Å²) >= 11 is 0. The summed E-state index contributed by atoms with van der Waals surface area (Å²) in [6.07, 6.45) is 1.74. The van der Waals surface area contributed by atoms with E-state index in [2.05, 4.69) is 0 Å². The summed E-state index contributed by atoms with van der Waals surface area (Å²) in [5.74, 6) is -0.517. The average Bonchev–Trinajstić information content (AvgIpc) is 3.35. The van der Waals surface area contributed by atoms with Crippen molar-refractivity contribution in [1.29, 1.82) is 0 Å². The van der Waals surface area contributed by atoms with E-state index in [1.54, 1.807) is 40.1 Å². The van der Waals surface area contributed by atoms with Gasteiger partial charge in [-0.15, -0.1) is 0 Å². The van der Waals surface area contributed by atoms with Gasteiger partial charge in [-0.25, -0.2) is 8.42 Å². The van der Waals surface area contributed by atoms with Gasteiger partial charge in [0.25, 0.3) is 11.8 Å². The van der Waals surface area contributed by atoms with Gasteiger partial charge in [-0.2, -0.15) is 4.31 Å². The molecular formula is C22H25N3O5S. The maximum Gasteiger partial charge on any atom is 0.257 e. The number of carbonyl (C=O) groups is 2. The van der Waals surface area contributed by atoms with Gasteiger partial charge in [0.2, 0.25) is 10.0 Å². The van der Waals surface area contributed by atoms with Crippen LogP contribution in [0.1, 0.15) is 33.6 Å². The third kappa shape index (κ3) is 4.28. The van der Waals surface area contributed by atoms with Gasteiger partial charge in [0, 0.05) is 44.8 Å². The Bertz CT molecular complexity index is 1070. The van der Waals surface area contributed by atoms with E-state index in [0.29, 0.717) is 44.8 Å². The number of sulfonamides is 1. The highest BCUT2D eigenvalue weighted by Crippen LogP contribution is 2.22. The number of phenols is 1. The molecule has 0 bridgehead atoms. The quantitative estimate of drug-likeness (QED) is 0.777. The van der Waals surface area contributed by atoms with Crippen molar-refractivity contribution in [3.63, 3.8) is 0 Å². The zero-order valence-corrected chi connectivity index (χ0v) is 17.9. The van der Waals surface area contributed by atoms with Gasteiger partial charge in [-0.1, -0.05) is 12.1 Å². The molecule has 2 aromatic rings. The van der Waals surface area contributed by atoms with Crippen LogP contribution in [0.2, 0.25) is 0 Å². The topological polar surface area (TPSA) is 98.2 Å². The van der Waals surface area contributed by atoms with E-state index in [-0.39, 0.29) is 28.0 Å². The van der Waals surface area contributed by atoms with Crippen molar-refractivity contribution in [1.82, 2.24) is 14.1 Å². The normalized spacial score (nSPS) is 17.7. The molecule has 2 aromatic carbocycles. The van der Waals surface area contributed by atoms with Gasteiger partial charge in [0.1, 0.15) is 5.75 Å². The number of rotatable bonds is 4.